The SMILES string of the molecule is O=C(Nc1nncs1)N1CCCN(c2nc3ccccc3[nH]2)CC1. The molecular formula is C15H17N7OS. The molecule has 1 aromatic carbocycles. The maximum atomic E-state index is 12.3. The molecule has 24 heavy (non-hydrogen) atoms. The lowest BCUT2D eigenvalue weighted by Gasteiger charge is -2.21. The Balaban J connectivity index is 1.43. The minimum absolute atomic E-state index is 0.127. The van der Waals surface area contributed by atoms with E-state index in [1.165, 1.54) is 11.3 Å². The van der Waals surface area contributed by atoms with Crippen molar-refractivity contribution in [1.29, 1.82) is 0 Å². The molecule has 124 valence electrons. The van der Waals surface area contributed by atoms with Gasteiger partial charge < -0.3 is 14.8 Å². The fourth-order valence-corrected chi connectivity index (χ4v) is 3.25. The quantitative estimate of drug-likeness (QED) is 0.744. The van der Waals surface area contributed by atoms with Gasteiger partial charge in [0, 0.05) is 26.2 Å². The van der Waals surface area contributed by atoms with Gasteiger partial charge in [0.15, 0.2) is 0 Å². The van der Waals surface area contributed by atoms with Crippen LogP contribution in [0, 0.1) is 0 Å². The average Bonchev–Trinajstić information content (AvgIpc) is 3.18. The number of nitrogens with one attached hydrogen (secondary N) is 2. The molecule has 2 aromatic heterocycles. The zero-order valence-corrected chi connectivity index (χ0v) is 13.8. The second-order valence-electron chi connectivity index (χ2n) is 5.58. The number of nitrogens with zero attached hydrogens (tertiary/aromatic N) is 5. The van der Waals surface area contributed by atoms with E-state index in [9.17, 15) is 4.79 Å². The number of carbonyl (C=O) groups excluding carboxylic acids is 1. The van der Waals surface area contributed by atoms with Gasteiger partial charge in [0.1, 0.15) is 5.51 Å². The van der Waals surface area contributed by atoms with Crippen LogP contribution in [0.2, 0.25) is 0 Å². The number of para-hydroxylation sites is 2. The van der Waals surface area contributed by atoms with Gasteiger partial charge in [0.25, 0.3) is 0 Å². The van der Waals surface area contributed by atoms with Crippen LogP contribution in [-0.2, 0) is 0 Å². The minimum Gasteiger partial charge on any atom is -0.341 e. The highest BCUT2D eigenvalue weighted by molar-refractivity contribution is 7.13. The molecule has 1 aliphatic heterocycles. The van der Waals surface area contributed by atoms with Crippen LogP contribution in [0.5, 0.6) is 0 Å². The highest BCUT2D eigenvalue weighted by Crippen LogP contribution is 2.19. The molecule has 4 rings (SSSR count). The molecule has 3 aromatic rings. The van der Waals surface area contributed by atoms with E-state index in [2.05, 4.69) is 30.4 Å². The first-order valence-electron chi connectivity index (χ1n) is 7.81. The van der Waals surface area contributed by atoms with Crippen LogP contribution in [-0.4, -0.2) is 57.3 Å². The van der Waals surface area contributed by atoms with Crippen molar-refractivity contribution in [2.75, 3.05) is 36.4 Å². The third-order valence-corrected chi connectivity index (χ3v) is 4.64. The topological polar surface area (TPSA) is 90.0 Å². The van der Waals surface area contributed by atoms with E-state index in [4.69, 9.17) is 0 Å². The maximum absolute atomic E-state index is 12.3. The second kappa shape index (κ2) is 6.44. The first-order chi connectivity index (χ1) is 11.8. The lowest BCUT2D eigenvalue weighted by Crippen LogP contribution is -2.38. The molecule has 0 aliphatic carbocycles. The van der Waals surface area contributed by atoms with Crippen LogP contribution in [0.25, 0.3) is 11.0 Å². The molecule has 0 bridgehead atoms. The summed E-state index contributed by atoms with van der Waals surface area (Å²) in [6.45, 7) is 2.95. The summed E-state index contributed by atoms with van der Waals surface area (Å²) in [7, 11) is 0. The molecule has 0 unspecified atom stereocenters. The first-order valence-corrected chi connectivity index (χ1v) is 8.69. The number of hydrogen-bond acceptors (Lipinski definition) is 6. The van der Waals surface area contributed by atoms with Crippen molar-refractivity contribution in [3.8, 4) is 0 Å². The van der Waals surface area contributed by atoms with E-state index >= 15 is 0 Å². The number of carbonyl (C=O) groups is 1. The summed E-state index contributed by atoms with van der Waals surface area (Å²) in [5, 5.41) is 10.9. The van der Waals surface area contributed by atoms with Crippen LogP contribution in [0.15, 0.2) is 29.8 Å². The number of aromatic amines is 1. The summed E-state index contributed by atoms with van der Waals surface area (Å²) in [5.41, 5.74) is 3.59. The smallest absolute Gasteiger partial charge is 0.323 e. The zero-order chi connectivity index (χ0) is 16.4. The Morgan fingerprint density at radius 3 is 2.96 bits per heavy atom. The van der Waals surface area contributed by atoms with Gasteiger partial charge in [0.05, 0.1) is 11.0 Å². The van der Waals surface area contributed by atoms with Crippen LogP contribution < -0.4 is 10.2 Å². The largest absolute Gasteiger partial charge is 0.341 e. The van der Waals surface area contributed by atoms with E-state index < -0.39 is 0 Å². The molecule has 1 saturated heterocycles. The molecule has 0 radical (unpaired) electrons. The number of benzene rings is 1. The number of imidazole rings is 1. The Labute approximate surface area is 142 Å². The molecule has 0 spiro atoms. The number of rotatable bonds is 2. The van der Waals surface area contributed by atoms with Gasteiger partial charge in [-0.3, -0.25) is 5.32 Å². The highest BCUT2D eigenvalue weighted by Gasteiger charge is 2.21. The summed E-state index contributed by atoms with van der Waals surface area (Å²) < 4.78 is 0. The molecule has 2 amide bonds. The van der Waals surface area contributed by atoms with Crippen molar-refractivity contribution in [3.63, 3.8) is 0 Å². The monoisotopic (exact) mass is 343 g/mol. The molecule has 0 atom stereocenters. The van der Waals surface area contributed by atoms with Crippen molar-refractivity contribution in [3.05, 3.63) is 29.8 Å². The van der Waals surface area contributed by atoms with Gasteiger partial charge in [-0.15, -0.1) is 10.2 Å². The first kappa shape index (κ1) is 14.9. The van der Waals surface area contributed by atoms with E-state index in [0.717, 1.165) is 36.5 Å². The number of H-pyrrole nitrogens is 1. The van der Waals surface area contributed by atoms with Crippen LogP contribution in [0.1, 0.15) is 6.42 Å². The lowest BCUT2D eigenvalue weighted by molar-refractivity contribution is 0.215. The van der Waals surface area contributed by atoms with Gasteiger partial charge in [0.2, 0.25) is 11.1 Å². The Morgan fingerprint density at radius 1 is 1.21 bits per heavy atom. The molecular weight excluding hydrogens is 326 g/mol. The van der Waals surface area contributed by atoms with Crippen molar-refractivity contribution in [1.82, 2.24) is 25.1 Å². The van der Waals surface area contributed by atoms with Gasteiger partial charge >= 0.3 is 6.03 Å². The van der Waals surface area contributed by atoms with Crippen molar-refractivity contribution >= 4 is 39.5 Å². The average molecular weight is 343 g/mol. The Hall–Kier alpha value is -2.68. The molecule has 2 N–H and O–H groups in total. The van der Waals surface area contributed by atoms with Crippen molar-refractivity contribution < 1.29 is 4.79 Å². The lowest BCUT2D eigenvalue weighted by atomic mass is 10.3. The summed E-state index contributed by atoms with van der Waals surface area (Å²) in [6, 6.07) is 7.86. The second-order valence-corrected chi connectivity index (χ2v) is 6.41. The van der Waals surface area contributed by atoms with Crippen LogP contribution in [0.3, 0.4) is 0 Å². The summed E-state index contributed by atoms with van der Waals surface area (Å²) >= 11 is 1.31. The van der Waals surface area contributed by atoms with Gasteiger partial charge in [-0.05, 0) is 18.6 Å². The predicted molar refractivity (Wildman–Crippen MR) is 93.4 cm³/mol. The maximum Gasteiger partial charge on any atom is 0.323 e. The van der Waals surface area contributed by atoms with Gasteiger partial charge in [-0.1, -0.05) is 23.5 Å². The Kier molecular flexibility index (Phi) is 3.99. The fourth-order valence-electron chi connectivity index (χ4n) is 2.82. The number of aromatic nitrogens is 4. The van der Waals surface area contributed by atoms with Crippen LogP contribution in [0.4, 0.5) is 15.9 Å². The molecule has 3 heterocycles. The third-order valence-electron chi connectivity index (χ3n) is 4.03. The molecule has 9 heteroatoms. The standard InChI is InChI=1S/C15H17N7OS/c23-15(19-14-20-16-10-24-14)22-7-3-6-21(8-9-22)13-17-11-4-1-2-5-12(11)18-13/h1-2,4-5,10H,3,6-9H2,(H,17,18)(H,19,20,23). The van der Waals surface area contributed by atoms with Gasteiger partial charge in [-0.25, -0.2) is 9.78 Å². The van der Waals surface area contributed by atoms with E-state index in [1.54, 1.807) is 5.51 Å². The third kappa shape index (κ3) is 3.02. The van der Waals surface area contributed by atoms with E-state index in [1.807, 2.05) is 29.2 Å². The zero-order valence-electron chi connectivity index (χ0n) is 13.0. The Morgan fingerprint density at radius 2 is 2.12 bits per heavy atom. The normalized spacial score (nSPS) is 15.5. The molecule has 0 saturated carbocycles. The number of urea groups is 1. The molecule has 8 nitrogen and oxygen atoms in total. The summed E-state index contributed by atoms with van der Waals surface area (Å²) in [6.07, 6.45) is 0.889. The molecule has 1 fully saturated rings. The van der Waals surface area contributed by atoms with E-state index in [0.29, 0.717) is 18.2 Å². The van der Waals surface area contributed by atoms with Crippen molar-refractivity contribution in [2.24, 2.45) is 0 Å². The highest BCUT2D eigenvalue weighted by atomic mass is 32.1. The number of hydrogen-bond donors (Lipinski definition) is 2. The number of anilines is 2. The number of fused-ring (bicyclic) bond motifs is 1. The minimum atomic E-state index is -0.127. The fraction of sp³-hybridized carbons (Fsp3) is 0.333. The van der Waals surface area contributed by atoms with E-state index in [-0.39, 0.29) is 6.03 Å². The summed E-state index contributed by atoms with van der Waals surface area (Å²) in [4.78, 5) is 24.3. The molecule has 1 aliphatic rings. The predicted octanol–water partition coefficient (Wildman–Crippen LogP) is 2.16. The van der Waals surface area contributed by atoms with Crippen LogP contribution >= 0.6 is 11.3 Å². The number of amides is 2. The summed E-state index contributed by atoms with van der Waals surface area (Å²) in [5.74, 6) is 0.864. The Bertz CT molecular complexity index is 798. The van der Waals surface area contributed by atoms with Gasteiger partial charge in [-0.2, -0.15) is 0 Å². The van der Waals surface area contributed by atoms with Crippen molar-refractivity contribution in [2.45, 2.75) is 6.42 Å².